The van der Waals surface area contributed by atoms with Crippen molar-refractivity contribution in [1.82, 2.24) is 5.32 Å². The molecule has 0 radical (unpaired) electrons. The second-order valence-electron chi connectivity index (χ2n) is 2.73. The minimum atomic E-state index is -2.35. The summed E-state index contributed by atoms with van der Waals surface area (Å²) in [6.45, 7) is -0.0490. The topological polar surface area (TPSA) is 12.0 Å². The van der Waals surface area contributed by atoms with Gasteiger partial charge in [-0.3, -0.25) is 0 Å². The van der Waals surface area contributed by atoms with Crippen LogP contribution in [-0.2, 0) is 6.54 Å². The molecule has 1 nitrogen and oxygen atoms in total. The fraction of sp³-hybridized carbons (Fsp3) is 0.333. The van der Waals surface area contributed by atoms with Crippen molar-refractivity contribution in [2.24, 2.45) is 0 Å². The van der Waals surface area contributed by atoms with E-state index >= 15 is 0 Å². The van der Waals surface area contributed by atoms with Crippen LogP contribution in [0.4, 0.5) is 8.78 Å². The van der Waals surface area contributed by atoms with Crippen LogP contribution in [0.3, 0.4) is 0 Å². The lowest BCUT2D eigenvalue weighted by molar-refractivity contribution is 0.145. The first-order valence-electron chi connectivity index (χ1n) is 4.03. The van der Waals surface area contributed by atoms with Crippen molar-refractivity contribution in [2.45, 2.75) is 13.0 Å². The molecule has 1 rings (SSSR count). The van der Waals surface area contributed by atoms with Crippen LogP contribution in [0.5, 0.6) is 0 Å². The molecule has 0 fully saturated rings. The minimum Gasteiger partial charge on any atom is -0.307 e. The molecule has 0 aliphatic heterocycles. The molecule has 0 saturated carbocycles. The van der Waals surface area contributed by atoms with Crippen LogP contribution in [0.1, 0.15) is 5.56 Å². The maximum Gasteiger partial charge on any atom is 0.250 e. The Bertz CT molecular complexity index is 305. The third kappa shape index (κ3) is 3.40. The van der Waals surface area contributed by atoms with Gasteiger partial charge in [0.05, 0.1) is 16.6 Å². The molecule has 0 aliphatic rings. The quantitative estimate of drug-likeness (QED) is 0.850. The first-order valence-corrected chi connectivity index (χ1v) is 4.78. The summed E-state index contributed by atoms with van der Waals surface area (Å²) in [5.41, 5.74) is 0.722. The summed E-state index contributed by atoms with van der Waals surface area (Å²) in [5.74, 6) is 0. The molecule has 1 aromatic carbocycles. The largest absolute Gasteiger partial charge is 0.307 e. The first-order chi connectivity index (χ1) is 6.61. The Kier molecular flexibility index (Phi) is 4.58. The Labute approximate surface area is 91.0 Å². The molecule has 0 aromatic heterocycles. The van der Waals surface area contributed by atoms with Gasteiger partial charge in [0.2, 0.25) is 0 Å². The zero-order valence-corrected chi connectivity index (χ0v) is 8.75. The van der Waals surface area contributed by atoms with E-state index < -0.39 is 6.43 Å². The van der Waals surface area contributed by atoms with Gasteiger partial charge in [0, 0.05) is 6.54 Å². The summed E-state index contributed by atoms with van der Waals surface area (Å²) >= 11 is 11.6. The first kappa shape index (κ1) is 11.7. The van der Waals surface area contributed by atoms with Crippen LogP contribution < -0.4 is 5.32 Å². The minimum absolute atomic E-state index is 0.295. The van der Waals surface area contributed by atoms with Gasteiger partial charge in [0.25, 0.3) is 6.43 Å². The molecule has 0 atom stereocenters. The third-order valence-corrected chi connectivity index (χ3v) is 2.50. The maximum atomic E-state index is 11.8. The normalized spacial score (nSPS) is 10.9. The SMILES string of the molecule is FC(F)CNCc1cccc(Cl)c1Cl. The van der Waals surface area contributed by atoms with Gasteiger partial charge in [-0.15, -0.1) is 0 Å². The van der Waals surface area contributed by atoms with E-state index in [-0.39, 0.29) is 6.54 Å². The van der Waals surface area contributed by atoms with Gasteiger partial charge in [-0.1, -0.05) is 35.3 Å². The second kappa shape index (κ2) is 5.49. The fourth-order valence-corrected chi connectivity index (χ4v) is 1.39. The number of halogens is 4. The van der Waals surface area contributed by atoms with Crippen LogP contribution in [0.2, 0.25) is 10.0 Å². The zero-order chi connectivity index (χ0) is 10.6. The number of hydrogen-bond donors (Lipinski definition) is 1. The molecule has 1 aromatic rings. The van der Waals surface area contributed by atoms with Crippen molar-refractivity contribution in [3.63, 3.8) is 0 Å². The highest BCUT2D eigenvalue weighted by atomic mass is 35.5. The van der Waals surface area contributed by atoms with E-state index in [9.17, 15) is 8.78 Å². The van der Waals surface area contributed by atoms with E-state index in [1.165, 1.54) is 0 Å². The van der Waals surface area contributed by atoms with E-state index in [2.05, 4.69) is 5.32 Å². The average molecular weight is 240 g/mol. The van der Waals surface area contributed by atoms with Crippen LogP contribution in [0, 0.1) is 0 Å². The molecule has 14 heavy (non-hydrogen) atoms. The molecule has 0 unspecified atom stereocenters. The van der Waals surface area contributed by atoms with E-state index in [0.29, 0.717) is 16.6 Å². The number of hydrogen-bond acceptors (Lipinski definition) is 1. The molecule has 0 aliphatic carbocycles. The average Bonchev–Trinajstić information content (AvgIpc) is 2.12. The van der Waals surface area contributed by atoms with Crippen molar-refractivity contribution >= 4 is 23.2 Å². The number of benzene rings is 1. The Morgan fingerprint density at radius 1 is 1.29 bits per heavy atom. The van der Waals surface area contributed by atoms with Crippen molar-refractivity contribution in [2.75, 3.05) is 6.54 Å². The second-order valence-corrected chi connectivity index (χ2v) is 3.52. The van der Waals surface area contributed by atoms with Crippen molar-refractivity contribution < 1.29 is 8.78 Å². The van der Waals surface area contributed by atoms with Gasteiger partial charge in [-0.05, 0) is 11.6 Å². The number of alkyl halides is 2. The molecule has 1 N–H and O–H groups in total. The zero-order valence-electron chi connectivity index (χ0n) is 7.24. The summed E-state index contributed by atoms with van der Waals surface area (Å²) in [6, 6.07) is 5.13. The standard InChI is InChI=1S/C9H9Cl2F2N/c10-7-3-1-2-6(9(7)11)4-14-5-8(12)13/h1-3,8,14H,4-5H2. The maximum absolute atomic E-state index is 11.8. The molecular weight excluding hydrogens is 231 g/mol. The summed E-state index contributed by atoms with van der Waals surface area (Å²) in [7, 11) is 0. The van der Waals surface area contributed by atoms with Crippen LogP contribution >= 0.6 is 23.2 Å². The van der Waals surface area contributed by atoms with E-state index in [1.54, 1.807) is 18.2 Å². The summed E-state index contributed by atoms with van der Waals surface area (Å²) in [5, 5.41) is 3.42. The lowest BCUT2D eigenvalue weighted by Crippen LogP contribution is -2.20. The number of nitrogens with one attached hydrogen (secondary N) is 1. The molecular formula is C9H9Cl2F2N. The van der Waals surface area contributed by atoms with Crippen LogP contribution in [-0.4, -0.2) is 13.0 Å². The van der Waals surface area contributed by atoms with Gasteiger partial charge >= 0.3 is 0 Å². The van der Waals surface area contributed by atoms with Crippen molar-refractivity contribution in [3.8, 4) is 0 Å². The monoisotopic (exact) mass is 239 g/mol. The highest BCUT2D eigenvalue weighted by Gasteiger charge is 2.05. The fourth-order valence-electron chi connectivity index (χ4n) is 1.00. The Hall–Kier alpha value is -0.380. The Morgan fingerprint density at radius 3 is 2.64 bits per heavy atom. The van der Waals surface area contributed by atoms with E-state index in [0.717, 1.165) is 5.56 Å². The third-order valence-electron chi connectivity index (χ3n) is 1.65. The van der Waals surface area contributed by atoms with Crippen molar-refractivity contribution in [3.05, 3.63) is 33.8 Å². The van der Waals surface area contributed by atoms with E-state index in [1.807, 2.05) is 0 Å². The number of rotatable bonds is 4. The molecule has 0 heterocycles. The molecule has 0 saturated heterocycles. The highest BCUT2D eigenvalue weighted by Crippen LogP contribution is 2.25. The molecule has 0 amide bonds. The lowest BCUT2D eigenvalue weighted by Gasteiger charge is -2.06. The molecule has 5 heteroatoms. The Morgan fingerprint density at radius 2 is 2.00 bits per heavy atom. The predicted molar refractivity (Wildman–Crippen MR) is 54.2 cm³/mol. The highest BCUT2D eigenvalue weighted by molar-refractivity contribution is 6.42. The Balaban J connectivity index is 2.54. The van der Waals surface area contributed by atoms with Gasteiger partial charge in [-0.25, -0.2) is 8.78 Å². The summed E-state index contributed by atoms with van der Waals surface area (Å²) in [4.78, 5) is 0. The summed E-state index contributed by atoms with van der Waals surface area (Å²) < 4.78 is 23.6. The summed E-state index contributed by atoms with van der Waals surface area (Å²) in [6.07, 6.45) is -2.35. The van der Waals surface area contributed by atoms with Crippen LogP contribution in [0.25, 0.3) is 0 Å². The van der Waals surface area contributed by atoms with E-state index in [4.69, 9.17) is 23.2 Å². The molecule has 78 valence electrons. The predicted octanol–water partition coefficient (Wildman–Crippen LogP) is 3.35. The molecule has 0 bridgehead atoms. The van der Waals surface area contributed by atoms with Gasteiger partial charge in [0.1, 0.15) is 0 Å². The van der Waals surface area contributed by atoms with Gasteiger partial charge < -0.3 is 5.32 Å². The molecule has 0 spiro atoms. The smallest absolute Gasteiger partial charge is 0.250 e. The van der Waals surface area contributed by atoms with Crippen molar-refractivity contribution in [1.29, 1.82) is 0 Å². The van der Waals surface area contributed by atoms with Crippen LogP contribution in [0.15, 0.2) is 18.2 Å². The van der Waals surface area contributed by atoms with Gasteiger partial charge in [-0.2, -0.15) is 0 Å². The lowest BCUT2D eigenvalue weighted by atomic mass is 10.2. The van der Waals surface area contributed by atoms with Gasteiger partial charge in [0.15, 0.2) is 0 Å².